The highest BCUT2D eigenvalue weighted by Gasteiger charge is 2.32. The third-order valence-electron chi connectivity index (χ3n) is 4.57. The Bertz CT molecular complexity index is 889. The average molecular weight is 333 g/mol. The van der Waals surface area contributed by atoms with Crippen molar-refractivity contribution in [2.75, 3.05) is 0 Å². The summed E-state index contributed by atoms with van der Waals surface area (Å²) in [5.41, 5.74) is 3.69. The Labute approximate surface area is 145 Å². The molecule has 2 aromatic carbocycles. The fraction of sp³-hybridized carbons (Fsp3) is 0.200. The molecule has 3 aromatic rings. The first-order valence-corrected chi connectivity index (χ1v) is 8.34. The molecule has 0 saturated heterocycles. The first-order chi connectivity index (χ1) is 12.2. The highest BCUT2D eigenvalue weighted by Crippen LogP contribution is 2.31. The first kappa shape index (κ1) is 15.6. The Kier molecular flexibility index (Phi) is 4.07. The van der Waals surface area contributed by atoms with Crippen molar-refractivity contribution in [1.29, 1.82) is 0 Å². The van der Waals surface area contributed by atoms with Gasteiger partial charge in [0, 0.05) is 12.6 Å². The van der Waals surface area contributed by atoms with E-state index in [9.17, 15) is 9.90 Å². The summed E-state index contributed by atoms with van der Waals surface area (Å²) in [7, 11) is 0. The molecule has 1 amide bonds. The standard InChI is InChI=1S/C20H19N3O2/c24-18-10-15-8-4-5-9-17(15)19(18)22-20(25)16-11-21-23(13-16)12-14-6-2-1-3-7-14/h1-9,11,13,18-19,24H,10,12H2,(H,22,25)/t18-,19-/m0/s1. The molecule has 1 aromatic heterocycles. The van der Waals surface area contributed by atoms with Crippen LogP contribution in [-0.2, 0) is 13.0 Å². The summed E-state index contributed by atoms with van der Waals surface area (Å²) in [6.07, 6.45) is 3.26. The van der Waals surface area contributed by atoms with Crippen LogP contribution in [0.4, 0.5) is 0 Å². The number of benzene rings is 2. The van der Waals surface area contributed by atoms with E-state index in [1.165, 1.54) is 0 Å². The highest BCUT2D eigenvalue weighted by atomic mass is 16.3. The normalized spacial score (nSPS) is 18.8. The minimum absolute atomic E-state index is 0.222. The van der Waals surface area contributed by atoms with Crippen LogP contribution in [0.25, 0.3) is 0 Å². The molecular formula is C20H19N3O2. The van der Waals surface area contributed by atoms with Crippen molar-refractivity contribution >= 4 is 5.91 Å². The van der Waals surface area contributed by atoms with E-state index in [1.54, 1.807) is 17.1 Å². The topological polar surface area (TPSA) is 67.2 Å². The van der Waals surface area contributed by atoms with Gasteiger partial charge in [0.05, 0.1) is 30.5 Å². The number of aromatic nitrogens is 2. The average Bonchev–Trinajstić information content (AvgIpc) is 3.21. The second-order valence-electron chi connectivity index (χ2n) is 6.33. The highest BCUT2D eigenvalue weighted by molar-refractivity contribution is 5.94. The second kappa shape index (κ2) is 6.53. The number of fused-ring (bicyclic) bond motifs is 1. The lowest BCUT2D eigenvalue weighted by Gasteiger charge is -2.17. The van der Waals surface area contributed by atoms with Gasteiger partial charge < -0.3 is 10.4 Å². The Hall–Kier alpha value is -2.92. The van der Waals surface area contributed by atoms with E-state index < -0.39 is 6.10 Å². The second-order valence-corrected chi connectivity index (χ2v) is 6.33. The predicted molar refractivity (Wildman–Crippen MR) is 94.1 cm³/mol. The van der Waals surface area contributed by atoms with Gasteiger partial charge >= 0.3 is 0 Å². The number of amides is 1. The Morgan fingerprint density at radius 2 is 1.92 bits per heavy atom. The number of aliphatic hydroxyl groups excluding tert-OH is 1. The van der Waals surface area contributed by atoms with Gasteiger partial charge in [-0.25, -0.2) is 0 Å². The lowest BCUT2D eigenvalue weighted by atomic mass is 10.1. The van der Waals surface area contributed by atoms with Crippen molar-refractivity contribution < 1.29 is 9.90 Å². The van der Waals surface area contributed by atoms with Gasteiger partial charge in [-0.15, -0.1) is 0 Å². The van der Waals surface area contributed by atoms with Crippen molar-refractivity contribution in [3.05, 3.63) is 89.2 Å². The monoisotopic (exact) mass is 333 g/mol. The number of aliphatic hydroxyl groups is 1. The molecule has 4 rings (SSSR count). The fourth-order valence-electron chi connectivity index (χ4n) is 3.31. The van der Waals surface area contributed by atoms with Crippen LogP contribution in [0.5, 0.6) is 0 Å². The molecular weight excluding hydrogens is 314 g/mol. The van der Waals surface area contributed by atoms with Crippen molar-refractivity contribution in [1.82, 2.24) is 15.1 Å². The molecule has 0 fully saturated rings. The van der Waals surface area contributed by atoms with Gasteiger partial charge in [-0.3, -0.25) is 9.48 Å². The molecule has 0 radical (unpaired) electrons. The van der Waals surface area contributed by atoms with E-state index in [0.29, 0.717) is 18.5 Å². The number of nitrogens with one attached hydrogen (secondary N) is 1. The maximum atomic E-state index is 12.5. The minimum Gasteiger partial charge on any atom is -0.390 e. The molecule has 0 saturated carbocycles. The number of carbonyl (C=O) groups is 1. The smallest absolute Gasteiger partial charge is 0.255 e. The molecule has 25 heavy (non-hydrogen) atoms. The van der Waals surface area contributed by atoms with Gasteiger partial charge in [0.25, 0.3) is 5.91 Å². The van der Waals surface area contributed by atoms with Gasteiger partial charge in [0.1, 0.15) is 0 Å². The molecule has 2 atom stereocenters. The molecule has 0 unspecified atom stereocenters. The molecule has 0 spiro atoms. The van der Waals surface area contributed by atoms with Gasteiger partial charge in [-0.1, -0.05) is 54.6 Å². The van der Waals surface area contributed by atoms with Crippen molar-refractivity contribution in [2.24, 2.45) is 0 Å². The molecule has 126 valence electrons. The summed E-state index contributed by atoms with van der Waals surface area (Å²) in [6.45, 7) is 0.614. The summed E-state index contributed by atoms with van der Waals surface area (Å²) in [5, 5.41) is 17.5. The summed E-state index contributed by atoms with van der Waals surface area (Å²) in [4.78, 5) is 12.5. The fourth-order valence-corrected chi connectivity index (χ4v) is 3.31. The summed E-state index contributed by atoms with van der Waals surface area (Å²) >= 11 is 0. The molecule has 1 aliphatic rings. The molecule has 0 aliphatic heterocycles. The van der Waals surface area contributed by atoms with Gasteiger partial charge in [0.15, 0.2) is 0 Å². The van der Waals surface area contributed by atoms with Crippen molar-refractivity contribution in [3.63, 3.8) is 0 Å². The quantitative estimate of drug-likeness (QED) is 0.770. The summed E-state index contributed by atoms with van der Waals surface area (Å²) in [5.74, 6) is -0.222. The predicted octanol–water partition coefficient (Wildman–Crippen LogP) is 2.32. The SMILES string of the molecule is O=C(N[C@H]1c2ccccc2C[C@@H]1O)c1cnn(Cc2ccccc2)c1. The summed E-state index contributed by atoms with van der Waals surface area (Å²) < 4.78 is 1.74. The van der Waals surface area contributed by atoms with Crippen LogP contribution in [-0.4, -0.2) is 26.9 Å². The van der Waals surface area contributed by atoms with Crippen LogP contribution in [0.2, 0.25) is 0 Å². The zero-order valence-corrected chi connectivity index (χ0v) is 13.7. The van der Waals surface area contributed by atoms with E-state index in [1.807, 2.05) is 54.6 Å². The molecule has 2 N–H and O–H groups in total. The largest absolute Gasteiger partial charge is 0.390 e. The maximum Gasteiger partial charge on any atom is 0.255 e. The zero-order chi connectivity index (χ0) is 17.2. The molecule has 1 heterocycles. The minimum atomic E-state index is -0.597. The van der Waals surface area contributed by atoms with Crippen LogP contribution in [0.3, 0.4) is 0 Å². The van der Waals surface area contributed by atoms with Crippen LogP contribution in [0, 0.1) is 0 Å². The number of nitrogens with zero attached hydrogens (tertiary/aromatic N) is 2. The Morgan fingerprint density at radius 3 is 2.76 bits per heavy atom. The van der Waals surface area contributed by atoms with Crippen LogP contribution in [0.15, 0.2) is 67.0 Å². The van der Waals surface area contributed by atoms with Crippen LogP contribution >= 0.6 is 0 Å². The summed E-state index contributed by atoms with van der Waals surface area (Å²) in [6, 6.07) is 17.4. The lowest BCUT2D eigenvalue weighted by Crippen LogP contribution is -2.33. The number of rotatable bonds is 4. The zero-order valence-electron chi connectivity index (χ0n) is 13.7. The maximum absolute atomic E-state index is 12.5. The lowest BCUT2D eigenvalue weighted by molar-refractivity contribution is 0.0858. The van der Waals surface area contributed by atoms with E-state index in [4.69, 9.17) is 0 Å². The number of hydrogen-bond donors (Lipinski definition) is 2. The van der Waals surface area contributed by atoms with E-state index >= 15 is 0 Å². The number of hydrogen-bond acceptors (Lipinski definition) is 3. The van der Waals surface area contributed by atoms with Crippen molar-refractivity contribution in [3.8, 4) is 0 Å². The van der Waals surface area contributed by atoms with Gasteiger partial charge in [-0.2, -0.15) is 5.10 Å². The van der Waals surface area contributed by atoms with Crippen molar-refractivity contribution in [2.45, 2.75) is 25.1 Å². The first-order valence-electron chi connectivity index (χ1n) is 8.34. The molecule has 1 aliphatic carbocycles. The van der Waals surface area contributed by atoms with E-state index in [2.05, 4.69) is 10.4 Å². The molecule has 5 nitrogen and oxygen atoms in total. The molecule has 0 bridgehead atoms. The number of carbonyl (C=O) groups excluding carboxylic acids is 1. The van der Waals surface area contributed by atoms with Gasteiger partial charge in [0.2, 0.25) is 0 Å². The van der Waals surface area contributed by atoms with Crippen LogP contribution < -0.4 is 5.32 Å². The Morgan fingerprint density at radius 1 is 1.16 bits per heavy atom. The third-order valence-corrected chi connectivity index (χ3v) is 4.57. The Balaban J connectivity index is 1.47. The van der Waals surface area contributed by atoms with E-state index in [0.717, 1.165) is 16.7 Å². The third kappa shape index (κ3) is 3.19. The van der Waals surface area contributed by atoms with Crippen LogP contribution in [0.1, 0.15) is 33.1 Å². The van der Waals surface area contributed by atoms with Gasteiger partial charge in [-0.05, 0) is 16.7 Å². The van der Waals surface area contributed by atoms with E-state index in [-0.39, 0.29) is 11.9 Å². The molecule has 5 heteroatoms.